The number of rotatable bonds is 9. The van der Waals surface area contributed by atoms with Gasteiger partial charge in [0.1, 0.15) is 12.1 Å². The number of imide groups is 1. The highest BCUT2D eigenvalue weighted by atomic mass is 16.4. The van der Waals surface area contributed by atoms with Crippen molar-refractivity contribution in [2.45, 2.75) is 50.2 Å². The highest BCUT2D eigenvalue weighted by Gasteiger charge is 2.28. The number of carboxylic acid groups (broad SMARTS) is 1. The Morgan fingerprint density at radius 1 is 1.21 bits per heavy atom. The summed E-state index contributed by atoms with van der Waals surface area (Å²) in [4.78, 5) is 58.4. The van der Waals surface area contributed by atoms with Crippen molar-refractivity contribution in [3.63, 3.8) is 0 Å². The van der Waals surface area contributed by atoms with Crippen LogP contribution in [0.2, 0.25) is 0 Å². The molecule has 1 aromatic carbocycles. The molecular formula is C19H24N4O6. The van der Waals surface area contributed by atoms with Crippen LogP contribution in [0.25, 0.3) is 0 Å². The second-order valence-corrected chi connectivity index (χ2v) is 6.81. The smallest absolute Gasteiger partial charge is 0.326 e. The lowest BCUT2D eigenvalue weighted by atomic mass is 10.0. The number of hydrogen-bond donors (Lipinski definition) is 5. The third-order valence-corrected chi connectivity index (χ3v) is 4.49. The molecule has 1 aromatic rings. The fraction of sp³-hybridized carbons (Fsp3) is 0.421. The zero-order valence-corrected chi connectivity index (χ0v) is 15.7. The number of nitrogens with two attached hydrogens (primary N) is 1. The summed E-state index contributed by atoms with van der Waals surface area (Å²) in [5.41, 5.74) is 6.49. The molecule has 0 unspecified atom stereocenters. The van der Waals surface area contributed by atoms with Gasteiger partial charge in [-0.2, -0.15) is 0 Å². The van der Waals surface area contributed by atoms with E-state index < -0.39 is 41.8 Å². The molecule has 29 heavy (non-hydrogen) atoms. The van der Waals surface area contributed by atoms with Gasteiger partial charge < -0.3 is 21.5 Å². The molecule has 0 spiro atoms. The van der Waals surface area contributed by atoms with E-state index in [1.54, 1.807) is 30.3 Å². The highest BCUT2D eigenvalue weighted by molar-refractivity contribution is 6.00. The Morgan fingerprint density at radius 2 is 1.90 bits per heavy atom. The molecule has 0 bridgehead atoms. The molecule has 6 N–H and O–H groups in total. The number of hydrogen-bond acceptors (Lipinski definition) is 6. The van der Waals surface area contributed by atoms with Gasteiger partial charge in [-0.05, 0) is 18.4 Å². The van der Waals surface area contributed by atoms with Crippen LogP contribution in [-0.4, -0.2) is 52.8 Å². The van der Waals surface area contributed by atoms with Crippen molar-refractivity contribution in [2.24, 2.45) is 5.73 Å². The molecule has 1 aliphatic heterocycles. The van der Waals surface area contributed by atoms with Crippen LogP contribution < -0.4 is 21.7 Å². The normalized spacial score (nSPS) is 17.7. The van der Waals surface area contributed by atoms with E-state index in [2.05, 4.69) is 16.0 Å². The maximum absolute atomic E-state index is 12.2. The largest absolute Gasteiger partial charge is 0.480 e. The van der Waals surface area contributed by atoms with Gasteiger partial charge in [-0.1, -0.05) is 30.3 Å². The summed E-state index contributed by atoms with van der Waals surface area (Å²) in [5, 5.41) is 16.3. The predicted octanol–water partition coefficient (Wildman–Crippen LogP) is -1.17. The first kappa shape index (κ1) is 22.0. The number of carbonyl (C=O) groups excluding carboxylic acids is 4. The minimum atomic E-state index is -1.20. The second kappa shape index (κ2) is 10.3. The highest BCUT2D eigenvalue weighted by Crippen LogP contribution is 2.07. The van der Waals surface area contributed by atoms with Crippen LogP contribution in [0, 0.1) is 0 Å². The van der Waals surface area contributed by atoms with Crippen LogP contribution >= 0.6 is 0 Å². The van der Waals surface area contributed by atoms with Crippen LogP contribution in [0.3, 0.4) is 0 Å². The number of nitrogens with one attached hydrogen (secondary N) is 3. The zero-order chi connectivity index (χ0) is 21.4. The van der Waals surface area contributed by atoms with Crippen LogP contribution in [0.5, 0.6) is 0 Å². The first-order valence-corrected chi connectivity index (χ1v) is 9.22. The molecule has 0 saturated carbocycles. The maximum atomic E-state index is 12.2. The van der Waals surface area contributed by atoms with Crippen molar-refractivity contribution in [1.82, 2.24) is 16.0 Å². The standard InChI is InChI=1S/C19H24N4O6/c20-12(6-8-16(25)23-18(27)13-7-9-15(24)21-13)17(26)22-14(19(28)29)10-11-4-2-1-3-5-11/h1-5,12-14H,6-10,20H2,(H,21,24)(H,22,26)(H,28,29)(H,23,25,27)/t12-,13-,14-/m0/s1. The molecule has 1 saturated heterocycles. The van der Waals surface area contributed by atoms with Crippen molar-refractivity contribution in [1.29, 1.82) is 0 Å². The van der Waals surface area contributed by atoms with Gasteiger partial charge in [-0.3, -0.25) is 24.5 Å². The van der Waals surface area contributed by atoms with Crippen LogP contribution in [-0.2, 0) is 30.4 Å². The van der Waals surface area contributed by atoms with E-state index in [0.717, 1.165) is 5.56 Å². The minimum absolute atomic E-state index is 0.0698. The average molecular weight is 404 g/mol. The average Bonchev–Trinajstić information content (AvgIpc) is 3.12. The summed E-state index contributed by atoms with van der Waals surface area (Å²) in [6.07, 6.45) is 0.372. The number of benzene rings is 1. The fourth-order valence-electron chi connectivity index (χ4n) is 2.84. The van der Waals surface area contributed by atoms with Crippen LogP contribution in [0.1, 0.15) is 31.2 Å². The topological polar surface area (TPSA) is 168 Å². The minimum Gasteiger partial charge on any atom is -0.480 e. The van der Waals surface area contributed by atoms with E-state index >= 15 is 0 Å². The number of amides is 4. The Morgan fingerprint density at radius 3 is 2.48 bits per heavy atom. The third-order valence-electron chi connectivity index (χ3n) is 4.49. The lowest BCUT2D eigenvalue weighted by Crippen LogP contribution is -2.50. The SMILES string of the molecule is N[C@@H](CCC(=O)NC(=O)[C@@H]1CCC(=O)N1)C(=O)N[C@@H](Cc1ccccc1)C(=O)O. The lowest BCUT2D eigenvalue weighted by molar-refractivity contribution is -0.142. The van der Waals surface area contributed by atoms with Gasteiger partial charge in [0.15, 0.2) is 0 Å². The van der Waals surface area contributed by atoms with E-state index in [9.17, 15) is 29.1 Å². The summed E-state index contributed by atoms with van der Waals surface area (Å²) >= 11 is 0. The molecule has 0 aliphatic carbocycles. The molecule has 0 radical (unpaired) electrons. The first-order chi connectivity index (χ1) is 13.8. The van der Waals surface area contributed by atoms with Crippen molar-refractivity contribution in [2.75, 3.05) is 0 Å². The van der Waals surface area contributed by atoms with Gasteiger partial charge in [-0.15, -0.1) is 0 Å². The molecule has 0 aromatic heterocycles. The first-order valence-electron chi connectivity index (χ1n) is 9.22. The molecule has 156 valence electrons. The molecule has 2 rings (SSSR count). The number of carbonyl (C=O) groups is 5. The van der Waals surface area contributed by atoms with E-state index in [0.29, 0.717) is 6.42 Å². The summed E-state index contributed by atoms with van der Waals surface area (Å²) in [5.74, 6) is -3.38. The third kappa shape index (κ3) is 7.00. The Hall–Kier alpha value is -3.27. The van der Waals surface area contributed by atoms with Crippen LogP contribution in [0.15, 0.2) is 30.3 Å². The maximum Gasteiger partial charge on any atom is 0.326 e. The summed E-state index contributed by atoms with van der Waals surface area (Å²) < 4.78 is 0. The van der Waals surface area contributed by atoms with Crippen LogP contribution in [0.4, 0.5) is 0 Å². The summed E-state index contributed by atoms with van der Waals surface area (Å²) in [6.45, 7) is 0. The van der Waals surface area contributed by atoms with Gasteiger partial charge >= 0.3 is 5.97 Å². The predicted molar refractivity (Wildman–Crippen MR) is 101 cm³/mol. The molecular weight excluding hydrogens is 380 g/mol. The number of carboxylic acids is 1. The van der Waals surface area contributed by atoms with Crippen molar-refractivity contribution < 1.29 is 29.1 Å². The van der Waals surface area contributed by atoms with E-state index in [4.69, 9.17) is 5.73 Å². The van der Waals surface area contributed by atoms with Crippen molar-refractivity contribution >= 4 is 29.6 Å². The van der Waals surface area contributed by atoms with Crippen molar-refractivity contribution in [3.8, 4) is 0 Å². The van der Waals surface area contributed by atoms with E-state index in [1.165, 1.54) is 0 Å². The monoisotopic (exact) mass is 404 g/mol. The van der Waals surface area contributed by atoms with Gasteiger partial charge in [0.05, 0.1) is 6.04 Å². The Labute approximate surface area is 167 Å². The van der Waals surface area contributed by atoms with E-state index in [-0.39, 0.29) is 31.6 Å². The van der Waals surface area contributed by atoms with Gasteiger partial charge in [0, 0.05) is 19.3 Å². The van der Waals surface area contributed by atoms with Gasteiger partial charge in [0.2, 0.25) is 23.6 Å². The quantitative estimate of drug-likeness (QED) is 0.345. The fourth-order valence-corrected chi connectivity index (χ4v) is 2.84. The molecule has 1 heterocycles. The van der Waals surface area contributed by atoms with Gasteiger partial charge in [0.25, 0.3) is 0 Å². The lowest BCUT2D eigenvalue weighted by Gasteiger charge is -2.18. The Bertz CT molecular complexity index is 782. The molecule has 10 heteroatoms. The second-order valence-electron chi connectivity index (χ2n) is 6.81. The van der Waals surface area contributed by atoms with E-state index in [1.807, 2.05) is 0 Å². The summed E-state index contributed by atoms with van der Waals surface area (Å²) in [7, 11) is 0. The number of aliphatic carboxylic acids is 1. The molecule has 3 atom stereocenters. The summed E-state index contributed by atoms with van der Waals surface area (Å²) in [6, 6.07) is 5.81. The zero-order valence-electron chi connectivity index (χ0n) is 15.7. The molecule has 1 aliphatic rings. The Kier molecular flexibility index (Phi) is 7.84. The molecule has 10 nitrogen and oxygen atoms in total. The van der Waals surface area contributed by atoms with Crippen molar-refractivity contribution in [3.05, 3.63) is 35.9 Å². The van der Waals surface area contributed by atoms with Gasteiger partial charge in [-0.25, -0.2) is 4.79 Å². The molecule has 1 fully saturated rings. The molecule has 4 amide bonds. The Balaban J connectivity index is 1.78.